The number of hydrogen-bond donors (Lipinski definition) is 0. The Labute approximate surface area is 222 Å². The molecule has 0 N–H and O–H groups in total. The molecule has 0 amide bonds. The molecule has 4 aromatic rings. The predicted octanol–water partition coefficient (Wildman–Crippen LogP) is 6.54. The van der Waals surface area contributed by atoms with Crippen molar-refractivity contribution < 1.29 is 17.6 Å². The molecule has 0 fully saturated rings. The molecule has 202 valence electrons. The van der Waals surface area contributed by atoms with Crippen molar-refractivity contribution in [2.45, 2.75) is 59.4 Å². The maximum absolute atomic E-state index is 15.2. The number of hydrogen-bond acceptors (Lipinski definition) is 4. The van der Waals surface area contributed by atoms with Crippen LogP contribution in [0.3, 0.4) is 0 Å². The highest BCUT2D eigenvalue weighted by atomic mass is 35.5. The van der Waals surface area contributed by atoms with E-state index in [4.69, 9.17) is 16.7 Å². The molecule has 1 aliphatic heterocycles. The van der Waals surface area contributed by atoms with Crippen molar-refractivity contribution >= 4 is 17.4 Å². The molecular weight excluding hydrogens is 522 g/mol. The van der Waals surface area contributed by atoms with E-state index in [0.717, 1.165) is 35.3 Å². The van der Waals surface area contributed by atoms with Crippen molar-refractivity contribution in [2.24, 2.45) is 5.92 Å². The molecule has 5 rings (SSSR count). The van der Waals surface area contributed by atoms with Crippen molar-refractivity contribution in [3.63, 3.8) is 0 Å². The lowest BCUT2D eigenvalue weighted by atomic mass is 10.1. The minimum atomic E-state index is -4.60. The molecule has 3 aromatic heterocycles. The van der Waals surface area contributed by atoms with Gasteiger partial charge in [-0.2, -0.15) is 28.5 Å². The number of nitrogens with zero attached hydrogens (tertiary/aromatic N) is 7. The molecular formula is C26H28ClF4N7. The van der Waals surface area contributed by atoms with Gasteiger partial charge in [0.15, 0.2) is 5.69 Å². The van der Waals surface area contributed by atoms with Crippen LogP contribution in [0.25, 0.3) is 17.1 Å². The molecule has 0 radical (unpaired) electrons. The summed E-state index contributed by atoms with van der Waals surface area (Å²) in [4.78, 5) is 2.12. The third kappa shape index (κ3) is 4.79. The number of aryl methyl sites for hydroxylation is 1. The van der Waals surface area contributed by atoms with Crippen LogP contribution < -0.4 is 4.90 Å². The van der Waals surface area contributed by atoms with Crippen LogP contribution in [-0.2, 0) is 25.7 Å². The molecule has 0 saturated carbocycles. The van der Waals surface area contributed by atoms with E-state index in [1.807, 2.05) is 29.3 Å². The Kier molecular flexibility index (Phi) is 6.75. The monoisotopic (exact) mass is 549 g/mol. The maximum atomic E-state index is 15.2. The van der Waals surface area contributed by atoms with Gasteiger partial charge in [0.05, 0.1) is 11.2 Å². The fourth-order valence-electron chi connectivity index (χ4n) is 4.91. The second-order valence-electron chi connectivity index (χ2n) is 10.0. The summed E-state index contributed by atoms with van der Waals surface area (Å²) in [6, 6.07) is 7.58. The van der Waals surface area contributed by atoms with Crippen molar-refractivity contribution in [1.29, 1.82) is 0 Å². The van der Waals surface area contributed by atoms with Gasteiger partial charge in [-0.3, -0.25) is 4.68 Å². The molecule has 0 saturated heterocycles. The van der Waals surface area contributed by atoms with Crippen LogP contribution in [-0.4, -0.2) is 35.9 Å². The van der Waals surface area contributed by atoms with E-state index in [0.29, 0.717) is 28.7 Å². The molecule has 7 nitrogen and oxygen atoms in total. The number of halogens is 5. The molecule has 12 heteroatoms. The van der Waals surface area contributed by atoms with E-state index in [1.165, 1.54) is 12.1 Å². The van der Waals surface area contributed by atoms with Crippen LogP contribution in [0.1, 0.15) is 50.7 Å². The summed E-state index contributed by atoms with van der Waals surface area (Å²) in [7, 11) is 0. The van der Waals surface area contributed by atoms with Crippen LogP contribution in [0.4, 0.5) is 23.4 Å². The highest BCUT2D eigenvalue weighted by Gasteiger charge is 2.35. The van der Waals surface area contributed by atoms with E-state index in [2.05, 4.69) is 22.0 Å². The van der Waals surface area contributed by atoms with Gasteiger partial charge in [0.2, 0.25) is 0 Å². The molecule has 0 aliphatic carbocycles. The number of fused-ring (bicyclic) bond motifs is 1. The molecule has 1 unspecified atom stereocenters. The smallest absolute Gasteiger partial charge is 0.352 e. The summed E-state index contributed by atoms with van der Waals surface area (Å²) in [6.07, 6.45) is -2.71. The lowest BCUT2D eigenvalue weighted by Crippen LogP contribution is -2.36. The lowest BCUT2D eigenvalue weighted by Gasteiger charge is -2.33. The van der Waals surface area contributed by atoms with Crippen molar-refractivity contribution in [1.82, 2.24) is 29.3 Å². The van der Waals surface area contributed by atoms with Gasteiger partial charge in [-0.05, 0) is 49.9 Å². The number of benzene rings is 1. The zero-order chi connectivity index (χ0) is 27.4. The predicted molar refractivity (Wildman–Crippen MR) is 137 cm³/mol. The largest absolute Gasteiger partial charge is 0.435 e. The Hall–Kier alpha value is -3.34. The summed E-state index contributed by atoms with van der Waals surface area (Å²) in [5.74, 6) is 0.535. The minimum absolute atomic E-state index is 0.0166. The highest BCUT2D eigenvalue weighted by molar-refractivity contribution is 6.32. The van der Waals surface area contributed by atoms with Gasteiger partial charge >= 0.3 is 6.18 Å². The molecule has 0 bridgehead atoms. The molecule has 38 heavy (non-hydrogen) atoms. The van der Waals surface area contributed by atoms with Crippen LogP contribution in [0.5, 0.6) is 0 Å². The van der Waals surface area contributed by atoms with Gasteiger partial charge in [0, 0.05) is 37.4 Å². The second-order valence-corrected chi connectivity index (χ2v) is 10.4. The SMILES string of the molecule is CCc1cc(C(F)(F)F)nn1-c1ccc(CN2CC(C)Cn3nc(-c4c(Cl)cnn4C(C)C)cc32)cc1F. The molecule has 1 aromatic carbocycles. The quantitative estimate of drug-likeness (QED) is 0.256. The summed E-state index contributed by atoms with van der Waals surface area (Å²) in [5, 5.41) is 13.3. The fourth-order valence-corrected chi connectivity index (χ4v) is 5.14. The zero-order valence-corrected chi connectivity index (χ0v) is 22.2. The van der Waals surface area contributed by atoms with Gasteiger partial charge in [0.1, 0.15) is 28.7 Å². The van der Waals surface area contributed by atoms with Gasteiger partial charge < -0.3 is 4.90 Å². The average molecular weight is 550 g/mol. The van der Waals surface area contributed by atoms with Crippen LogP contribution in [0, 0.1) is 11.7 Å². The summed E-state index contributed by atoms with van der Waals surface area (Å²) in [5.41, 5.74) is 1.37. The first-order valence-electron chi connectivity index (χ1n) is 12.5. The zero-order valence-electron chi connectivity index (χ0n) is 21.5. The Morgan fingerprint density at radius 1 is 1.11 bits per heavy atom. The summed E-state index contributed by atoms with van der Waals surface area (Å²) in [6.45, 7) is 9.73. The number of anilines is 1. The van der Waals surface area contributed by atoms with Gasteiger partial charge in [-0.25, -0.2) is 13.8 Å². The Balaban J connectivity index is 1.45. The average Bonchev–Trinajstić information content (AvgIpc) is 3.55. The third-order valence-corrected chi connectivity index (χ3v) is 6.91. The molecule has 1 aliphatic rings. The molecule has 0 spiro atoms. The highest BCUT2D eigenvalue weighted by Crippen LogP contribution is 2.35. The summed E-state index contributed by atoms with van der Waals surface area (Å²) >= 11 is 6.46. The first-order chi connectivity index (χ1) is 18.0. The standard InChI is InChI=1S/C26H28ClF4N7/c1-5-18-9-23(26(29,30)31)34-38(18)22-7-6-17(8-20(22)28)14-35-12-16(4)13-36-24(35)10-21(33-36)25-19(27)11-32-37(25)15(2)3/h6-11,15-16H,5,12-14H2,1-4H3. The van der Waals surface area contributed by atoms with E-state index >= 15 is 4.39 Å². The number of aromatic nitrogens is 6. The number of rotatable bonds is 6. The number of alkyl halides is 3. The van der Waals surface area contributed by atoms with Crippen molar-refractivity contribution in [3.8, 4) is 17.1 Å². The molecule has 4 heterocycles. The van der Waals surface area contributed by atoms with Crippen LogP contribution in [0.2, 0.25) is 5.02 Å². The fraction of sp³-hybridized carbons (Fsp3) is 0.423. The van der Waals surface area contributed by atoms with E-state index < -0.39 is 17.7 Å². The van der Waals surface area contributed by atoms with Crippen LogP contribution in [0.15, 0.2) is 36.5 Å². The third-order valence-electron chi connectivity index (χ3n) is 6.63. The van der Waals surface area contributed by atoms with E-state index in [1.54, 1.807) is 19.2 Å². The van der Waals surface area contributed by atoms with Gasteiger partial charge in [-0.1, -0.05) is 31.5 Å². The Morgan fingerprint density at radius 2 is 1.87 bits per heavy atom. The lowest BCUT2D eigenvalue weighted by molar-refractivity contribution is -0.141. The molecule has 1 atom stereocenters. The Morgan fingerprint density at radius 3 is 2.53 bits per heavy atom. The topological polar surface area (TPSA) is 56.7 Å². The van der Waals surface area contributed by atoms with Crippen LogP contribution >= 0.6 is 11.6 Å². The second kappa shape index (κ2) is 9.76. The van der Waals surface area contributed by atoms with E-state index in [9.17, 15) is 13.2 Å². The first kappa shape index (κ1) is 26.3. The Bertz CT molecular complexity index is 1470. The minimum Gasteiger partial charge on any atom is -0.352 e. The van der Waals surface area contributed by atoms with Gasteiger partial charge in [-0.15, -0.1) is 0 Å². The first-order valence-corrected chi connectivity index (χ1v) is 12.8. The van der Waals surface area contributed by atoms with E-state index in [-0.39, 0.29) is 23.8 Å². The normalized spacial score (nSPS) is 15.9. The summed E-state index contributed by atoms with van der Waals surface area (Å²) < 4.78 is 59.6. The maximum Gasteiger partial charge on any atom is 0.435 e. The van der Waals surface area contributed by atoms with Crippen molar-refractivity contribution in [2.75, 3.05) is 11.4 Å². The van der Waals surface area contributed by atoms with Gasteiger partial charge in [0.25, 0.3) is 0 Å². The van der Waals surface area contributed by atoms with Crippen molar-refractivity contribution in [3.05, 3.63) is 64.3 Å².